The van der Waals surface area contributed by atoms with Crippen molar-refractivity contribution in [1.29, 1.82) is 0 Å². The molecule has 0 aromatic heterocycles. The molecule has 1 aromatic carbocycles. The third-order valence-electron chi connectivity index (χ3n) is 3.82. The molecule has 1 unspecified atom stereocenters. The number of halogens is 1. The first kappa shape index (κ1) is 13.3. The molecule has 1 aromatic rings. The maximum atomic E-state index is 13.7. The molecule has 1 aliphatic rings. The summed E-state index contributed by atoms with van der Waals surface area (Å²) < 4.78 is 13.7. The zero-order valence-corrected chi connectivity index (χ0v) is 11.8. The fourth-order valence-corrected chi connectivity index (χ4v) is 2.64. The average Bonchev–Trinajstić information content (AvgIpc) is 2.62. The molecule has 0 bridgehead atoms. The highest BCUT2D eigenvalue weighted by atomic mass is 19.1. The minimum Gasteiger partial charge on any atom is -0.371 e. The first-order valence-corrected chi connectivity index (χ1v) is 6.61. The van der Waals surface area contributed by atoms with Crippen molar-refractivity contribution in [3.8, 4) is 0 Å². The van der Waals surface area contributed by atoms with Crippen molar-refractivity contribution in [2.75, 3.05) is 18.0 Å². The van der Waals surface area contributed by atoms with E-state index in [2.05, 4.69) is 18.7 Å². The van der Waals surface area contributed by atoms with Gasteiger partial charge < -0.3 is 10.6 Å². The minimum absolute atomic E-state index is 0.140. The standard InChI is InChI=1S/C15H23FN2/c1-10-7-14(12(11(2)17)8-13(10)16)18-6-5-15(3,4)9-18/h7-8,11H,5-6,9,17H2,1-4H3. The Bertz CT molecular complexity index is 452. The van der Waals surface area contributed by atoms with Gasteiger partial charge in [0.25, 0.3) is 0 Å². The van der Waals surface area contributed by atoms with E-state index >= 15 is 0 Å². The van der Waals surface area contributed by atoms with Crippen LogP contribution >= 0.6 is 0 Å². The number of hydrogen-bond donors (Lipinski definition) is 1. The van der Waals surface area contributed by atoms with E-state index in [1.54, 1.807) is 6.07 Å². The molecule has 0 aliphatic carbocycles. The zero-order chi connectivity index (χ0) is 13.5. The van der Waals surface area contributed by atoms with Crippen LogP contribution in [0.1, 0.15) is 44.4 Å². The smallest absolute Gasteiger partial charge is 0.126 e. The lowest BCUT2D eigenvalue weighted by Crippen LogP contribution is -2.25. The van der Waals surface area contributed by atoms with Crippen molar-refractivity contribution in [3.63, 3.8) is 0 Å². The molecule has 1 saturated heterocycles. The van der Waals surface area contributed by atoms with Crippen LogP contribution in [0.25, 0.3) is 0 Å². The van der Waals surface area contributed by atoms with Gasteiger partial charge in [-0.15, -0.1) is 0 Å². The topological polar surface area (TPSA) is 29.3 Å². The molecule has 18 heavy (non-hydrogen) atoms. The number of benzene rings is 1. The normalized spacial score (nSPS) is 20.2. The zero-order valence-electron chi connectivity index (χ0n) is 11.8. The molecule has 1 atom stereocenters. The highest BCUT2D eigenvalue weighted by Gasteiger charge is 2.30. The summed E-state index contributed by atoms with van der Waals surface area (Å²) in [6, 6.07) is 3.40. The largest absolute Gasteiger partial charge is 0.371 e. The van der Waals surface area contributed by atoms with Crippen LogP contribution in [0.15, 0.2) is 12.1 Å². The summed E-state index contributed by atoms with van der Waals surface area (Å²) in [5.41, 5.74) is 9.02. The first-order valence-electron chi connectivity index (χ1n) is 6.61. The Hall–Kier alpha value is -1.09. The van der Waals surface area contributed by atoms with E-state index in [0.717, 1.165) is 24.3 Å². The number of aryl methyl sites for hydroxylation is 1. The van der Waals surface area contributed by atoms with Crippen molar-refractivity contribution in [2.45, 2.75) is 40.2 Å². The van der Waals surface area contributed by atoms with Gasteiger partial charge in [-0.05, 0) is 48.9 Å². The predicted octanol–water partition coefficient (Wildman–Crippen LogP) is 3.39. The van der Waals surface area contributed by atoms with Crippen LogP contribution in [0.3, 0.4) is 0 Å². The lowest BCUT2D eigenvalue weighted by molar-refractivity contribution is 0.418. The van der Waals surface area contributed by atoms with E-state index in [1.807, 2.05) is 19.9 Å². The van der Waals surface area contributed by atoms with Crippen molar-refractivity contribution in [3.05, 3.63) is 29.1 Å². The van der Waals surface area contributed by atoms with Crippen molar-refractivity contribution in [1.82, 2.24) is 0 Å². The van der Waals surface area contributed by atoms with E-state index < -0.39 is 0 Å². The molecule has 1 fully saturated rings. The second-order valence-corrected chi connectivity index (χ2v) is 6.28. The molecule has 0 radical (unpaired) electrons. The fourth-order valence-electron chi connectivity index (χ4n) is 2.64. The van der Waals surface area contributed by atoms with E-state index in [9.17, 15) is 4.39 Å². The Morgan fingerprint density at radius 2 is 2.06 bits per heavy atom. The quantitative estimate of drug-likeness (QED) is 0.871. The van der Waals surface area contributed by atoms with Gasteiger partial charge in [0, 0.05) is 24.8 Å². The number of hydrogen-bond acceptors (Lipinski definition) is 2. The van der Waals surface area contributed by atoms with E-state index in [-0.39, 0.29) is 11.9 Å². The number of nitrogens with zero attached hydrogens (tertiary/aromatic N) is 1. The molecule has 1 aliphatic heterocycles. The summed E-state index contributed by atoms with van der Waals surface area (Å²) in [6.45, 7) is 10.3. The van der Waals surface area contributed by atoms with Gasteiger partial charge in [-0.3, -0.25) is 0 Å². The third kappa shape index (κ3) is 2.51. The lowest BCUT2D eigenvalue weighted by Gasteiger charge is -2.26. The van der Waals surface area contributed by atoms with Gasteiger partial charge in [0.15, 0.2) is 0 Å². The molecule has 0 saturated carbocycles. The van der Waals surface area contributed by atoms with Crippen LogP contribution in [0.2, 0.25) is 0 Å². The maximum Gasteiger partial charge on any atom is 0.126 e. The molecular formula is C15H23FN2. The van der Waals surface area contributed by atoms with Gasteiger partial charge in [0.05, 0.1) is 0 Å². The van der Waals surface area contributed by atoms with Gasteiger partial charge >= 0.3 is 0 Å². The highest BCUT2D eigenvalue weighted by molar-refractivity contribution is 5.58. The van der Waals surface area contributed by atoms with Gasteiger partial charge in [-0.1, -0.05) is 13.8 Å². The molecule has 100 valence electrons. The van der Waals surface area contributed by atoms with Crippen LogP contribution in [-0.4, -0.2) is 13.1 Å². The van der Waals surface area contributed by atoms with Gasteiger partial charge in [-0.25, -0.2) is 4.39 Å². The number of anilines is 1. The van der Waals surface area contributed by atoms with Crippen LogP contribution in [0, 0.1) is 18.2 Å². The average molecular weight is 250 g/mol. The summed E-state index contributed by atoms with van der Waals surface area (Å²) in [6.07, 6.45) is 1.17. The molecule has 2 rings (SSSR count). The van der Waals surface area contributed by atoms with Crippen molar-refractivity contribution >= 4 is 5.69 Å². The Labute approximate surface area is 109 Å². The Morgan fingerprint density at radius 3 is 2.56 bits per heavy atom. The summed E-state index contributed by atoms with van der Waals surface area (Å²) in [5, 5.41) is 0. The van der Waals surface area contributed by atoms with Gasteiger partial charge in [0.2, 0.25) is 0 Å². The summed E-state index contributed by atoms with van der Waals surface area (Å²) >= 11 is 0. The predicted molar refractivity (Wildman–Crippen MR) is 74.4 cm³/mol. The maximum absolute atomic E-state index is 13.7. The van der Waals surface area contributed by atoms with E-state index in [4.69, 9.17) is 5.73 Å². The van der Waals surface area contributed by atoms with E-state index in [1.165, 1.54) is 6.42 Å². The summed E-state index contributed by atoms with van der Waals surface area (Å²) in [5.74, 6) is -0.162. The van der Waals surface area contributed by atoms with Crippen LogP contribution in [-0.2, 0) is 0 Å². The first-order chi connectivity index (χ1) is 8.30. The van der Waals surface area contributed by atoms with Crippen LogP contribution in [0.4, 0.5) is 10.1 Å². The van der Waals surface area contributed by atoms with Gasteiger partial charge in [0.1, 0.15) is 5.82 Å². The van der Waals surface area contributed by atoms with Crippen molar-refractivity contribution < 1.29 is 4.39 Å². The summed E-state index contributed by atoms with van der Waals surface area (Å²) in [7, 11) is 0. The number of nitrogens with two attached hydrogens (primary N) is 1. The van der Waals surface area contributed by atoms with E-state index in [0.29, 0.717) is 11.0 Å². The second kappa shape index (κ2) is 4.54. The van der Waals surface area contributed by atoms with Crippen LogP contribution in [0.5, 0.6) is 0 Å². The fraction of sp³-hybridized carbons (Fsp3) is 0.600. The summed E-state index contributed by atoms with van der Waals surface area (Å²) in [4.78, 5) is 2.34. The highest BCUT2D eigenvalue weighted by Crippen LogP contribution is 2.36. The molecular weight excluding hydrogens is 227 g/mol. The Balaban J connectivity index is 2.41. The second-order valence-electron chi connectivity index (χ2n) is 6.28. The Kier molecular flexibility index (Phi) is 3.37. The van der Waals surface area contributed by atoms with Crippen molar-refractivity contribution in [2.24, 2.45) is 11.1 Å². The number of rotatable bonds is 2. The molecule has 0 spiro atoms. The van der Waals surface area contributed by atoms with Crippen LogP contribution < -0.4 is 10.6 Å². The third-order valence-corrected chi connectivity index (χ3v) is 3.82. The monoisotopic (exact) mass is 250 g/mol. The molecule has 2 nitrogen and oxygen atoms in total. The SMILES string of the molecule is Cc1cc(N2CCC(C)(C)C2)c(C(C)N)cc1F. The molecule has 2 N–H and O–H groups in total. The molecule has 0 amide bonds. The molecule has 1 heterocycles. The minimum atomic E-state index is -0.162. The molecule has 3 heteroatoms. The van der Waals surface area contributed by atoms with Gasteiger partial charge in [-0.2, -0.15) is 0 Å². The Morgan fingerprint density at radius 1 is 1.39 bits per heavy atom. The lowest BCUT2D eigenvalue weighted by atomic mass is 9.93.